The molecule has 0 unspecified atom stereocenters. The number of ether oxygens (including phenoxy) is 1. The molecule has 0 saturated carbocycles. The lowest BCUT2D eigenvalue weighted by molar-refractivity contribution is -0.414. The van der Waals surface area contributed by atoms with E-state index >= 15 is 0 Å². The van der Waals surface area contributed by atoms with E-state index in [0.29, 0.717) is 0 Å². The lowest BCUT2D eigenvalue weighted by atomic mass is 10.1. The monoisotopic (exact) mass is 189 g/mol. The highest BCUT2D eigenvalue weighted by molar-refractivity contribution is 5.79. The predicted octanol–water partition coefficient (Wildman–Crippen LogP) is -1.92. The maximum absolute atomic E-state index is 11.1. The van der Waals surface area contributed by atoms with Crippen molar-refractivity contribution in [3.8, 4) is 0 Å². The summed E-state index contributed by atoms with van der Waals surface area (Å²) in [6, 6.07) is -0.899. The van der Waals surface area contributed by atoms with Crippen molar-refractivity contribution in [2.45, 2.75) is 38.8 Å². The van der Waals surface area contributed by atoms with Gasteiger partial charge in [0.15, 0.2) is 6.04 Å². The quantitative estimate of drug-likeness (QED) is 0.523. The second kappa shape index (κ2) is 4.23. The van der Waals surface area contributed by atoms with E-state index < -0.39 is 30.0 Å². The normalized spacial score (nSPS) is 13.5. The first-order chi connectivity index (χ1) is 5.72. The number of carbonyl (C=O) groups excluding carboxylic acids is 2. The molecular formula is C8H15NO4. The molecule has 0 fully saturated rings. The molecule has 1 atom stereocenters. The van der Waals surface area contributed by atoms with Gasteiger partial charge in [0, 0.05) is 5.97 Å². The van der Waals surface area contributed by atoms with Crippen molar-refractivity contribution in [1.82, 2.24) is 0 Å². The molecular weight excluding hydrogens is 174 g/mol. The Hall–Kier alpha value is -1.10. The minimum absolute atomic E-state index is 0.408. The largest absolute Gasteiger partial charge is 0.550 e. The highest BCUT2D eigenvalue weighted by Crippen LogP contribution is 2.07. The van der Waals surface area contributed by atoms with Crippen LogP contribution in [0.3, 0.4) is 0 Å². The van der Waals surface area contributed by atoms with Crippen molar-refractivity contribution >= 4 is 11.9 Å². The molecule has 5 nitrogen and oxygen atoms in total. The van der Waals surface area contributed by atoms with Crippen LogP contribution in [-0.2, 0) is 14.3 Å². The third-order valence-corrected chi connectivity index (χ3v) is 1.15. The predicted molar refractivity (Wildman–Crippen MR) is 42.1 cm³/mol. The third kappa shape index (κ3) is 6.10. The van der Waals surface area contributed by atoms with E-state index in [-0.39, 0.29) is 0 Å². The Kier molecular flexibility index (Phi) is 3.87. The lowest BCUT2D eigenvalue weighted by Gasteiger charge is -2.20. The molecule has 0 bridgehead atoms. The maximum Gasteiger partial charge on any atom is 0.365 e. The summed E-state index contributed by atoms with van der Waals surface area (Å²) in [7, 11) is 0. The molecule has 0 aromatic carbocycles. The summed E-state index contributed by atoms with van der Waals surface area (Å²) in [5.41, 5.74) is 2.75. The van der Waals surface area contributed by atoms with Gasteiger partial charge in [0.1, 0.15) is 5.60 Å². The fourth-order valence-electron chi connectivity index (χ4n) is 0.670. The molecule has 0 aromatic heterocycles. The van der Waals surface area contributed by atoms with Gasteiger partial charge in [-0.2, -0.15) is 0 Å². The lowest BCUT2D eigenvalue weighted by Crippen LogP contribution is -2.67. The molecule has 0 aliphatic rings. The minimum atomic E-state index is -1.30. The first kappa shape index (κ1) is 11.9. The van der Waals surface area contributed by atoms with Crippen molar-refractivity contribution in [3.05, 3.63) is 0 Å². The second-order valence-electron chi connectivity index (χ2n) is 3.81. The Morgan fingerprint density at radius 3 is 2.23 bits per heavy atom. The first-order valence-corrected chi connectivity index (χ1v) is 3.98. The van der Waals surface area contributed by atoms with E-state index in [1.54, 1.807) is 20.8 Å². The number of carboxylic acids is 1. The van der Waals surface area contributed by atoms with Crippen molar-refractivity contribution < 1.29 is 25.2 Å². The first-order valence-electron chi connectivity index (χ1n) is 3.98. The Bertz CT molecular complexity index is 207. The zero-order valence-electron chi connectivity index (χ0n) is 8.12. The third-order valence-electron chi connectivity index (χ3n) is 1.15. The molecule has 0 radical (unpaired) electrons. The van der Waals surface area contributed by atoms with Crippen LogP contribution in [0.5, 0.6) is 0 Å². The fourth-order valence-corrected chi connectivity index (χ4v) is 0.670. The minimum Gasteiger partial charge on any atom is -0.550 e. The summed E-state index contributed by atoms with van der Waals surface area (Å²) in [6.07, 6.45) is -0.408. The number of aliphatic carboxylic acids is 1. The molecule has 0 spiro atoms. The van der Waals surface area contributed by atoms with Crippen LogP contribution in [0.1, 0.15) is 27.2 Å². The van der Waals surface area contributed by atoms with Gasteiger partial charge in [-0.05, 0) is 20.8 Å². The molecule has 76 valence electrons. The second-order valence-corrected chi connectivity index (χ2v) is 3.81. The summed E-state index contributed by atoms with van der Waals surface area (Å²) >= 11 is 0. The van der Waals surface area contributed by atoms with Gasteiger partial charge >= 0.3 is 5.97 Å². The number of carbonyl (C=O) groups is 2. The van der Waals surface area contributed by atoms with E-state index in [0.717, 1.165) is 0 Å². The molecule has 0 aliphatic carbocycles. The van der Waals surface area contributed by atoms with Crippen LogP contribution in [-0.4, -0.2) is 23.6 Å². The topological polar surface area (TPSA) is 94.1 Å². The summed E-state index contributed by atoms with van der Waals surface area (Å²) in [5, 5.41) is 10.1. The maximum atomic E-state index is 11.1. The number of quaternary nitrogens is 1. The average Bonchev–Trinajstić information content (AvgIpc) is 1.81. The molecule has 13 heavy (non-hydrogen) atoms. The van der Waals surface area contributed by atoms with Crippen LogP contribution in [0, 0.1) is 0 Å². The van der Waals surface area contributed by atoms with Crippen molar-refractivity contribution in [3.63, 3.8) is 0 Å². The molecule has 0 aliphatic heterocycles. The van der Waals surface area contributed by atoms with Crippen LogP contribution >= 0.6 is 0 Å². The number of hydrogen-bond acceptors (Lipinski definition) is 4. The smallest absolute Gasteiger partial charge is 0.365 e. The Morgan fingerprint density at radius 2 is 1.92 bits per heavy atom. The van der Waals surface area contributed by atoms with E-state index in [2.05, 4.69) is 5.73 Å². The van der Waals surface area contributed by atoms with Gasteiger partial charge in [-0.1, -0.05) is 0 Å². The summed E-state index contributed by atoms with van der Waals surface area (Å²) in [5.74, 6) is -1.91. The molecule has 0 heterocycles. The van der Waals surface area contributed by atoms with Crippen LogP contribution < -0.4 is 10.8 Å². The number of rotatable bonds is 3. The van der Waals surface area contributed by atoms with Gasteiger partial charge in [-0.3, -0.25) is 0 Å². The van der Waals surface area contributed by atoms with Crippen LogP contribution in [0.2, 0.25) is 0 Å². The molecule has 3 N–H and O–H groups in total. The van der Waals surface area contributed by atoms with E-state index in [1.807, 2.05) is 0 Å². The fraction of sp³-hybridized carbons (Fsp3) is 0.750. The van der Waals surface area contributed by atoms with Gasteiger partial charge in [0.05, 0.1) is 6.42 Å². The Labute approximate surface area is 76.9 Å². The van der Waals surface area contributed by atoms with Crippen LogP contribution in [0.15, 0.2) is 0 Å². The van der Waals surface area contributed by atoms with Gasteiger partial charge in [0.2, 0.25) is 0 Å². The van der Waals surface area contributed by atoms with Crippen molar-refractivity contribution in [1.29, 1.82) is 0 Å². The molecule has 0 aromatic rings. The van der Waals surface area contributed by atoms with Gasteiger partial charge in [-0.25, -0.2) is 4.79 Å². The number of esters is 1. The average molecular weight is 189 g/mol. The molecule has 0 saturated heterocycles. The molecule has 0 rings (SSSR count). The molecule has 0 amide bonds. The number of carboxylic acid groups (broad SMARTS) is 1. The summed E-state index contributed by atoms with van der Waals surface area (Å²) in [6.45, 7) is 5.11. The van der Waals surface area contributed by atoms with Gasteiger partial charge in [0.25, 0.3) is 0 Å². The zero-order valence-corrected chi connectivity index (χ0v) is 8.12. The Morgan fingerprint density at radius 1 is 1.46 bits per heavy atom. The number of hydrogen-bond donors (Lipinski definition) is 1. The van der Waals surface area contributed by atoms with E-state index in [4.69, 9.17) is 4.74 Å². The highest BCUT2D eigenvalue weighted by atomic mass is 16.6. The summed E-state index contributed by atoms with van der Waals surface area (Å²) < 4.78 is 4.91. The molecule has 5 heteroatoms. The zero-order chi connectivity index (χ0) is 10.6. The van der Waals surface area contributed by atoms with E-state index in [1.165, 1.54) is 0 Å². The SMILES string of the molecule is CC(C)(C)OC(=O)[C@H]([NH3+])CC(=O)[O-]. The standard InChI is InChI=1S/C8H15NO4/c1-8(2,3)13-7(12)5(9)4-6(10)11/h5H,4,9H2,1-3H3,(H,10,11)/t5-/m1/s1. The van der Waals surface area contributed by atoms with E-state index in [9.17, 15) is 14.7 Å². The van der Waals surface area contributed by atoms with Crippen LogP contribution in [0.4, 0.5) is 0 Å². The summed E-state index contributed by atoms with van der Waals surface area (Å²) in [4.78, 5) is 21.2. The Balaban J connectivity index is 4.05. The van der Waals surface area contributed by atoms with Gasteiger partial charge in [-0.15, -0.1) is 0 Å². The van der Waals surface area contributed by atoms with Crippen molar-refractivity contribution in [2.24, 2.45) is 0 Å². The van der Waals surface area contributed by atoms with Gasteiger partial charge < -0.3 is 20.4 Å². The van der Waals surface area contributed by atoms with Crippen molar-refractivity contribution in [2.75, 3.05) is 0 Å². The highest BCUT2D eigenvalue weighted by Gasteiger charge is 2.24. The van der Waals surface area contributed by atoms with Crippen LogP contribution in [0.25, 0.3) is 0 Å².